The second kappa shape index (κ2) is 3.35. The van der Waals surface area contributed by atoms with E-state index in [0.717, 1.165) is 18.5 Å². The van der Waals surface area contributed by atoms with Gasteiger partial charge in [0.05, 0.1) is 0 Å². The molecule has 0 amide bonds. The van der Waals surface area contributed by atoms with Gasteiger partial charge in [0.15, 0.2) is 0 Å². The third-order valence-electron chi connectivity index (χ3n) is 3.52. The molecule has 1 saturated heterocycles. The molecule has 0 aromatic heterocycles. The SMILES string of the molecule is CC(C1CC1)N1CCCC1CN. The van der Waals surface area contributed by atoms with Crippen molar-refractivity contribution in [1.82, 2.24) is 4.90 Å². The Kier molecular flexibility index (Phi) is 2.37. The predicted molar refractivity (Wildman–Crippen MR) is 51.0 cm³/mol. The Morgan fingerprint density at radius 2 is 2.17 bits per heavy atom. The summed E-state index contributed by atoms with van der Waals surface area (Å²) in [7, 11) is 0. The molecule has 2 nitrogen and oxygen atoms in total. The molecule has 2 fully saturated rings. The number of likely N-dealkylation sites (tertiary alicyclic amines) is 1. The average molecular weight is 168 g/mol. The summed E-state index contributed by atoms with van der Waals surface area (Å²) in [6, 6.07) is 1.50. The van der Waals surface area contributed by atoms with Gasteiger partial charge in [0.1, 0.15) is 0 Å². The van der Waals surface area contributed by atoms with E-state index >= 15 is 0 Å². The van der Waals surface area contributed by atoms with E-state index in [1.54, 1.807) is 0 Å². The molecule has 0 spiro atoms. The lowest BCUT2D eigenvalue weighted by Gasteiger charge is -2.29. The summed E-state index contributed by atoms with van der Waals surface area (Å²) in [4.78, 5) is 2.64. The number of hydrogen-bond donors (Lipinski definition) is 1. The van der Waals surface area contributed by atoms with Gasteiger partial charge in [-0.25, -0.2) is 0 Å². The quantitative estimate of drug-likeness (QED) is 0.686. The molecule has 12 heavy (non-hydrogen) atoms. The molecule has 0 aromatic carbocycles. The smallest absolute Gasteiger partial charge is 0.0221 e. The molecule has 2 unspecified atom stereocenters. The Balaban J connectivity index is 1.91. The summed E-state index contributed by atoms with van der Waals surface area (Å²) in [5.41, 5.74) is 5.74. The molecule has 2 atom stereocenters. The zero-order valence-electron chi connectivity index (χ0n) is 8.00. The molecule has 2 rings (SSSR count). The van der Waals surface area contributed by atoms with Crippen LogP contribution in [-0.4, -0.2) is 30.1 Å². The number of hydrogen-bond acceptors (Lipinski definition) is 2. The van der Waals surface area contributed by atoms with E-state index in [-0.39, 0.29) is 0 Å². The van der Waals surface area contributed by atoms with Crippen LogP contribution < -0.4 is 5.73 Å². The minimum Gasteiger partial charge on any atom is -0.329 e. The van der Waals surface area contributed by atoms with Crippen molar-refractivity contribution in [3.8, 4) is 0 Å². The third-order valence-corrected chi connectivity index (χ3v) is 3.52. The van der Waals surface area contributed by atoms with Crippen molar-refractivity contribution < 1.29 is 0 Å². The Hall–Kier alpha value is -0.0800. The van der Waals surface area contributed by atoms with Crippen LogP contribution in [0.15, 0.2) is 0 Å². The van der Waals surface area contributed by atoms with E-state index in [4.69, 9.17) is 5.73 Å². The van der Waals surface area contributed by atoms with Crippen molar-refractivity contribution in [1.29, 1.82) is 0 Å². The van der Waals surface area contributed by atoms with Crippen molar-refractivity contribution in [3.05, 3.63) is 0 Å². The Morgan fingerprint density at radius 1 is 1.42 bits per heavy atom. The Morgan fingerprint density at radius 3 is 2.75 bits per heavy atom. The van der Waals surface area contributed by atoms with Crippen molar-refractivity contribution in [2.75, 3.05) is 13.1 Å². The normalized spacial score (nSPS) is 34.0. The average Bonchev–Trinajstić information content (AvgIpc) is 2.82. The first-order chi connectivity index (χ1) is 5.83. The first kappa shape index (κ1) is 8.52. The van der Waals surface area contributed by atoms with Crippen molar-refractivity contribution in [2.45, 2.75) is 44.7 Å². The molecule has 0 bridgehead atoms. The van der Waals surface area contributed by atoms with Crippen LogP contribution in [0.4, 0.5) is 0 Å². The molecule has 70 valence electrons. The summed E-state index contributed by atoms with van der Waals surface area (Å²) >= 11 is 0. The van der Waals surface area contributed by atoms with Gasteiger partial charge in [0.25, 0.3) is 0 Å². The fourth-order valence-corrected chi connectivity index (χ4v) is 2.50. The van der Waals surface area contributed by atoms with E-state index in [1.807, 2.05) is 0 Å². The molecule has 0 radical (unpaired) electrons. The maximum Gasteiger partial charge on any atom is 0.0221 e. The van der Waals surface area contributed by atoms with Gasteiger partial charge in [-0.2, -0.15) is 0 Å². The minimum atomic E-state index is 0.695. The maximum absolute atomic E-state index is 5.74. The Bertz CT molecular complexity index is 154. The largest absolute Gasteiger partial charge is 0.329 e. The monoisotopic (exact) mass is 168 g/mol. The molecule has 0 aromatic rings. The molecule has 1 aliphatic heterocycles. The first-order valence-electron chi connectivity index (χ1n) is 5.28. The molecule has 1 saturated carbocycles. The zero-order valence-corrected chi connectivity index (χ0v) is 8.00. The van der Waals surface area contributed by atoms with Crippen LogP contribution in [0, 0.1) is 5.92 Å². The van der Waals surface area contributed by atoms with Crippen LogP contribution in [0.3, 0.4) is 0 Å². The summed E-state index contributed by atoms with van der Waals surface area (Å²) < 4.78 is 0. The fourth-order valence-electron chi connectivity index (χ4n) is 2.50. The van der Waals surface area contributed by atoms with Gasteiger partial charge in [-0.05, 0) is 45.1 Å². The van der Waals surface area contributed by atoms with Crippen molar-refractivity contribution in [2.24, 2.45) is 11.7 Å². The molecule has 2 N–H and O–H groups in total. The number of rotatable bonds is 3. The highest BCUT2D eigenvalue weighted by Crippen LogP contribution is 2.37. The lowest BCUT2D eigenvalue weighted by atomic mass is 10.1. The highest BCUT2D eigenvalue weighted by molar-refractivity contribution is 4.91. The van der Waals surface area contributed by atoms with Crippen molar-refractivity contribution >= 4 is 0 Å². The Labute approximate surface area is 75.1 Å². The van der Waals surface area contributed by atoms with Crippen LogP contribution in [0.5, 0.6) is 0 Å². The maximum atomic E-state index is 5.74. The second-order valence-electron chi connectivity index (χ2n) is 4.35. The minimum absolute atomic E-state index is 0.695. The summed E-state index contributed by atoms with van der Waals surface area (Å²) in [5.74, 6) is 0.997. The molecule has 2 heteroatoms. The van der Waals surface area contributed by atoms with Gasteiger partial charge < -0.3 is 5.73 Å². The molecular weight excluding hydrogens is 148 g/mol. The lowest BCUT2D eigenvalue weighted by Crippen LogP contribution is -2.42. The molecule has 2 aliphatic rings. The van der Waals surface area contributed by atoms with Gasteiger partial charge in [-0.3, -0.25) is 4.90 Å². The van der Waals surface area contributed by atoms with Crippen LogP contribution in [0.2, 0.25) is 0 Å². The van der Waals surface area contributed by atoms with Crippen LogP contribution in [-0.2, 0) is 0 Å². The molecule has 1 aliphatic carbocycles. The summed E-state index contributed by atoms with van der Waals surface area (Å²) in [6.07, 6.45) is 5.59. The van der Waals surface area contributed by atoms with E-state index in [0.29, 0.717) is 6.04 Å². The number of nitrogens with two attached hydrogens (primary N) is 1. The first-order valence-corrected chi connectivity index (χ1v) is 5.28. The van der Waals surface area contributed by atoms with E-state index in [1.165, 1.54) is 32.2 Å². The van der Waals surface area contributed by atoms with Gasteiger partial charge in [0.2, 0.25) is 0 Å². The zero-order chi connectivity index (χ0) is 8.55. The molecule has 1 heterocycles. The second-order valence-corrected chi connectivity index (χ2v) is 4.35. The highest BCUT2D eigenvalue weighted by Gasteiger charge is 2.36. The standard InChI is InChI=1S/C10H20N2/c1-8(9-4-5-9)12-6-2-3-10(12)7-11/h8-10H,2-7,11H2,1H3. The van der Waals surface area contributed by atoms with Crippen LogP contribution >= 0.6 is 0 Å². The van der Waals surface area contributed by atoms with Gasteiger partial charge in [-0.15, -0.1) is 0 Å². The topological polar surface area (TPSA) is 29.3 Å². The van der Waals surface area contributed by atoms with Crippen LogP contribution in [0.25, 0.3) is 0 Å². The van der Waals surface area contributed by atoms with Gasteiger partial charge >= 0.3 is 0 Å². The third kappa shape index (κ3) is 1.50. The van der Waals surface area contributed by atoms with E-state index in [2.05, 4.69) is 11.8 Å². The van der Waals surface area contributed by atoms with Crippen molar-refractivity contribution in [3.63, 3.8) is 0 Å². The highest BCUT2D eigenvalue weighted by atomic mass is 15.2. The fraction of sp³-hybridized carbons (Fsp3) is 1.00. The van der Waals surface area contributed by atoms with Gasteiger partial charge in [0, 0.05) is 18.6 Å². The van der Waals surface area contributed by atoms with E-state index in [9.17, 15) is 0 Å². The number of nitrogens with zero attached hydrogens (tertiary/aromatic N) is 1. The van der Waals surface area contributed by atoms with Gasteiger partial charge in [-0.1, -0.05) is 0 Å². The summed E-state index contributed by atoms with van der Waals surface area (Å²) in [5, 5.41) is 0. The van der Waals surface area contributed by atoms with Crippen LogP contribution in [0.1, 0.15) is 32.6 Å². The predicted octanol–water partition coefficient (Wildman–Crippen LogP) is 1.21. The lowest BCUT2D eigenvalue weighted by molar-refractivity contribution is 0.177. The summed E-state index contributed by atoms with van der Waals surface area (Å²) in [6.45, 7) is 4.53. The molecular formula is C10H20N2. The van der Waals surface area contributed by atoms with E-state index < -0.39 is 0 Å².